The van der Waals surface area contributed by atoms with Gasteiger partial charge in [0, 0.05) is 19.6 Å². The Morgan fingerprint density at radius 1 is 1.52 bits per heavy atom. The Balaban J connectivity index is 2.44. The van der Waals surface area contributed by atoms with Crippen LogP contribution in [0.1, 0.15) is 35.0 Å². The number of pyridine rings is 1. The molecule has 2 heterocycles. The van der Waals surface area contributed by atoms with Crippen LogP contribution in [0.25, 0.3) is 0 Å². The van der Waals surface area contributed by atoms with Crippen LogP contribution in [0.15, 0.2) is 6.07 Å². The fraction of sp³-hybridized carbons (Fsp3) is 0.533. The Bertz CT molecular complexity index is 558. The molecule has 1 aliphatic heterocycles. The van der Waals surface area contributed by atoms with Crippen molar-refractivity contribution in [3.8, 4) is 6.07 Å². The van der Waals surface area contributed by atoms with E-state index in [0.29, 0.717) is 29.2 Å². The van der Waals surface area contributed by atoms with Crippen LogP contribution in [-0.2, 0) is 4.74 Å². The van der Waals surface area contributed by atoms with Gasteiger partial charge in [-0.15, -0.1) is 0 Å². The van der Waals surface area contributed by atoms with Gasteiger partial charge in [0.15, 0.2) is 0 Å². The number of ether oxygens (including phenoxy) is 1. The molecule has 112 valence electrons. The number of carbonyl (C=O) groups is 1. The van der Waals surface area contributed by atoms with Gasteiger partial charge in [0.1, 0.15) is 17.5 Å². The molecule has 1 aromatic rings. The second-order valence-corrected chi connectivity index (χ2v) is 4.92. The minimum atomic E-state index is -0.422. The first-order chi connectivity index (χ1) is 10.2. The average molecular weight is 288 g/mol. The number of nitriles is 1. The third kappa shape index (κ3) is 3.50. The van der Waals surface area contributed by atoms with Gasteiger partial charge in [0.2, 0.25) is 0 Å². The number of aryl methyl sites for hydroxylation is 1. The van der Waals surface area contributed by atoms with Crippen LogP contribution in [0.4, 0.5) is 5.82 Å². The van der Waals surface area contributed by atoms with Gasteiger partial charge in [-0.2, -0.15) is 5.26 Å². The lowest BCUT2D eigenvalue weighted by molar-refractivity contribution is 0.0526. The molecule has 0 unspecified atom stereocenters. The molecule has 2 rings (SSSR count). The van der Waals surface area contributed by atoms with E-state index in [1.54, 1.807) is 19.9 Å². The van der Waals surface area contributed by atoms with E-state index in [2.05, 4.69) is 21.3 Å². The predicted molar refractivity (Wildman–Crippen MR) is 79.3 cm³/mol. The summed E-state index contributed by atoms with van der Waals surface area (Å²) in [6, 6.07) is 3.67. The molecule has 21 heavy (non-hydrogen) atoms. The van der Waals surface area contributed by atoms with Gasteiger partial charge < -0.3 is 15.0 Å². The van der Waals surface area contributed by atoms with Crippen molar-refractivity contribution in [3.05, 3.63) is 22.9 Å². The van der Waals surface area contributed by atoms with E-state index < -0.39 is 5.97 Å². The number of carbonyl (C=O) groups excluding carboxylic acids is 1. The summed E-state index contributed by atoms with van der Waals surface area (Å²) in [5, 5.41) is 12.5. The van der Waals surface area contributed by atoms with Gasteiger partial charge >= 0.3 is 5.97 Å². The van der Waals surface area contributed by atoms with Crippen LogP contribution in [0.3, 0.4) is 0 Å². The molecule has 6 heteroatoms. The maximum atomic E-state index is 12.2. The molecule has 0 aromatic carbocycles. The molecular weight excluding hydrogens is 268 g/mol. The number of aromatic nitrogens is 1. The Morgan fingerprint density at radius 2 is 2.33 bits per heavy atom. The Labute approximate surface area is 124 Å². The number of nitrogens with one attached hydrogen (secondary N) is 1. The third-order valence-corrected chi connectivity index (χ3v) is 3.45. The quantitative estimate of drug-likeness (QED) is 0.843. The molecule has 0 bridgehead atoms. The first kappa shape index (κ1) is 15.3. The number of esters is 1. The zero-order chi connectivity index (χ0) is 15.2. The summed E-state index contributed by atoms with van der Waals surface area (Å²) in [5.41, 5.74) is 1.42. The van der Waals surface area contributed by atoms with Gasteiger partial charge in [-0.25, -0.2) is 9.78 Å². The van der Waals surface area contributed by atoms with E-state index >= 15 is 0 Å². The van der Waals surface area contributed by atoms with Crippen LogP contribution >= 0.6 is 0 Å². The molecule has 0 atom stereocenters. The Kier molecular flexibility index (Phi) is 5.12. The second-order valence-electron chi connectivity index (χ2n) is 4.92. The molecule has 6 nitrogen and oxygen atoms in total. The van der Waals surface area contributed by atoms with Crippen molar-refractivity contribution < 1.29 is 9.53 Å². The molecular formula is C15H20N4O2. The summed E-state index contributed by atoms with van der Waals surface area (Å²) in [6.45, 7) is 7.27. The van der Waals surface area contributed by atoms with Crippen molar-refractivity contribution in [1.29, 1.82) is 5.26 Å². The van der Waals surface area contributed by atoms with E-state index in [4.69, 9.17) is 10.00 Å². The number of nitrogens with zero attached hydrogens (tertiary/aromatic N) is 3. The van der Waals surface area contributed by atoms with Gasteiger partial charge in [-0.1, -0.05) is 0 Å². The van der Waals surface area contributed by atoms with Crippen LogP contribution in [-0.4, -0.2) is 43.7 Å². The Morgan fingerprint density at radius 3 is 3.05 bits per heavy atom. The van der Waals surface area contributed by atoms with Crippen molar-refractivity contribution in [1.82, 2.24) is 10.3 Å². The first-order valence-corrected chi connectivity index (χ1v) is 7.22. The lowest BCUT2D eigenvalue weighted by Gasteiger charge is -2.24. The van der Waals surface area contributed by atoms with E-state index in [0.717, 1.165) is 32.6 Å². The molecule has 0 amide bonds. The van der Waals surface area contributed by atoms with Crippen molar-refractivity contribution in [2.45, 2.75) is 20.3 Å². The van der Waals surface area contributed by atoms with E-state index in [9.17, 15) is 4.79 Å². The highest BCUT2D eigenvalue weighted by Gasteiger charge is 2.22. The van der Waals surface area contributed by atoms with Crippen LogP contribution in [0.5, 0.6) is 0 Å². The van der Waals surface area contributed by atoms with Crippen LogP contribution in [0, 0.1) is 18.3 Å². The number of anilines is 1. The minimum absolute atomic E-state index is 0.301. The number of rotatable bonds is 3. The van der Waals surface area contributed by atoms with Gasteiger partial charge in [-0.3, -0.25) is 0 Å². The summed E-state index contributed by atoms with van der Waals surface area (Å²) in [6.07, 6.45) is 0.989. The molecule has 1 N–H and O–H groups in total. The molecule has 0 saturated carbocycles. The molecule has 1 fully saturated rings. The minimum Gasteiger partial charge on any atom is -0.462 e. The topological polar surface area (TPSA) is 78.2 Å². The smallest absolute Gasteiger partial charge is 0.341 e. The Hall–Kier alpha value is -2.13. The fourth-order valence-corrected chi connectivity index (χ4v) is 2.36. The summed E-state index contributed by atoms with van der Waals surface area (Å²) >= 11 is 0. The van der Waals surface area contributed by atoms with Crippen LogP contribution < -0.4 is 10.2 Å². The second kappa shape index (κ2) is 7.04. The van der Waals surface area contributed by atoms with Crippen molar-refractivity contribution >= 4 is 11.8 Å². The lowest BCUT2D eigenvalue weighted by Crippen LogP contribution is -2.30. The normalized spacial score (nSPS) is 15.2. The molecule has 1 saturated heterocycles. The monoisotopic (exact) mass is 288 g/mol. The standard InChI is InChI=1S/C15H20N4O2/c1-3-21-15(20)13-9-12(10-16)11(2)18-14(13)19-7-4-5-17-6-8-19/h9,17H,3-8H2,1-2H3. The van der Waals surface area contributed by atoms with Crippen molar-refractivity contribution in [2.24, 2.45) is 0 Å². The van der Waals surface area contributed by atoms with E-state index in [1.165, 1.54) is 0 Å². The molecule has 1 aromatic heterocycles. The van der Waals surface area contributed by atoms with E-state index in [1.807, 2.05) is 0 Å². The van der Waals surface area contributed by atoms with Gasteiger partial charge in [-0.05, 0) is 32.9 Å². The average Bonchev–Trinajstić information content (AvgIpc) is 2.76. The van der Waals surface area contributed by atoms with Gasteiger partial charge in [0.25, 0.3) is 0 Å². The summed E-state index contributed by atoms with van der Waals surface area (Å²) in [7, 11) is 0. The number of hydrogen-bond donors (Lipinski definition) is 1. The summed E-state index contributed by atoms with van der Waals surface area (Å²) in [4.78, 5) is 18.7. The molecule has 0 spiro atoms. The molecule has 1 aliphatic rings. The summed E-state index contributed by atoms with van der Waals surface area (Å²) < 4.78 is 5.10. The SMILES string of the molecule is CCOC(=O)c1cc(C#N)c(C)nc1N1CCCNCC1. The summed E-state index contributed by atoms with van der Waals surface area (Å²) in [5.74, 6) is 0.197. The third-order valence-electron chi connectivity index (χ3n) is 3.45. The van der Waals surface area contributed by atoms with Crippen molar-refractivity contribution in [3.63, 3.8) is 0 Å². The number of hydrogen-bond acceptors (Lipinski definition) is 6. The fourth-order valence-electron chi connectivity index (χ4n) is 2.36. The first-order valence-electron chi connectivity index (χ1n) is 7.22. The highest BCUT2D eigenvalue weighted by atomic mass is 16.5. The highest BCUT2D eigenvalue weighted by Crippen LogP contribution is 2.23. The maximum Gasteiger partial charge on any atom is 0.341 e. The zero-order valence-corrected chi connectivity index (χ0v) is 12.5. The largest absolute Gasteiger partial charge is 0.462 e. The zero-order valence-electron chi connectivity index (χ0n) is 12.5. The molecule has 0 aliphatic carbocycles. The maximum absolute atomic E-state index is 12.2. The van der Waals surface area contributed by atoms with E-state index in [-0.39, 0.29) is 0 Å². The van der Waals surface area contributed by atoms with Gasteiger partial charge in [0.05, 0.1) is 17.9 Å². The highest BCUT2D eigenvalue weighted by molar-refractivity contribution is 5.95. The lowest BCUT2D eigenvalue weighted by atomic mass is 10.1. The predicted octanol–water partition coefficient (Wildman–Crippen LogP) is 1.24. The molecule has 0 radical (unpaired) electrons. The van der Waals surface area contributed by atoms with Crippen molar-refractivity contribution in [2.75, 3.05) is 37.7 Å². The van der Waals surface area contributed by atoms with Crippen LogP contribution in [0.2, 0.25) is 0 Å².